The minimum atomic E-state index is -1.72. The van der Waals surface area contributed by atoms with Gasteiger partial charge in [-0.1, -0.05) is 30.3 Å². The van der Waals surface area contributed by atoms with Gasteiger partial charge in [-0.25, -0.2) is 9.59 Å². The first-order valence-electron chi connectivity index (χ1n) is 5.71. The molecular weight excluding hydrogens is 266 g/mol. The van der Waals surface area contributed by atoms with Crippen LogP contribution in [0.2, 0.25) is 0 Å². The molecule has 8 heteroatoms. The van der Waals surface area contributed by atoms with Gasteiger partial charge in [-0.05, 0) is 5.56 Å². The van der Waals surface area contributed by atoms with Crippen LogP contribution in [0.3, 0.4) is 0 Å². The third kappa shape index (κ3) is 4.58. The van der Waals surface area contributed by atoms with Gasteiger partial charge in [-0.15, -0.1) is 0 Å². The molecule has 0 aliphatic heterocycles. The van der Waals surface area contributed by atoms with Crippen molar-refractivity contribution < 1.29 is 24.6 Å². The van der Waals surface area contributed by atoms with Crippen molar-refractivity contribution in [2.45, 2.75) is 12.1 Å². The van der Waals surface area contributed by atoms with E-state index in [9.17, 15) is 14.4 Å². The summed E-state index contributed by atoms with van der Waals surface area (Å²) in [5, 5.41) is 22.1. The number of hydrogen-bond acceptors (Lipinski definition) is 4. The average molecular weight is 281 g/mol. The van der Waals surface area contributed by atoms with E-state index in [-0.39, 0.29) is 0 Å². The number of rotatable bonds is 6. The van der Waals surface area contributed by atoms with Crippen molar-refractivity contribution >= 4 is 17.9 Å². The van der Waals surface area contributed by atoms with E-state index in [1.54, 1.807) is 30.3 Å². The molecule has 108 valence electrons. The molecule has 1 aromatic rings. The molecule has 0 heterocycles. The van der Waals surface area contributed by atoms with Gasteiger partial charge in [0.2, 0.25) is 5.91 Å². The molecule has 0 radical (unpaired) electrons. The molecule has 6 N–H and O–H groups in total. The SMILES string of the molecule is NC(=O)NC(C(=O)NCC(O)C(=O)O)c1ccccc1. The summed E-state index contributed by atoms with van der Waals surface area (Å²) in [7, 11) is 0. The van der Waals surface area contributed by atoms with Crippen molar-refractivity contribution in [2.24, 2.45) is 5.73 Å². The number of hydrogen-bond donors (Lipinski definition) is 5. The Morgan fingerprint density at radius 3 is 2.30 bits per heavy atom. The number of benzene rings is 1. The number of aliphatic hydroxyl groups excluding tert-OH is 1. The molecule has 0 spiro atoms. The van der Waals surface area contributed by atoms with E-state index in [1.807, 2.05) is 0 Å². The summed E-state index contributed by atoms with van der Waals surface area (Å²) < 4.78 is 0. The summed E-state index contributed by atoms with van der Waals surface area (Å²) in [4.78, 5) is 33.3. The summed E-state index contributed by atoms with van der Waals surface area (Å²) in [6, 6.07) is 6.33. The van der Waals surface area contributed by atoms with Crippen LogP contribution in [0.4, 0.5) is 4.79 Å². The quantitative estimate of drug-likeness (QED) is 0.452. The third-order valence-corrected chi connectivity index (χ3v) is 2.44. The molecule has 1 aromatic carbocycles. The van der Waals surface area contributed by atoms with Crippen LogP contribution < -0.4 is 16.4 Å². The molecule has 0 aromatic heterocycles. The topological polar surface area (TPSA) is 142 Å². The standard InChI is InChI=1S/C12H15N3O5/c13-12(20)15-9(7-4-2-1-3-5-7)10(17)14-6-8(16)11(18)19/h1-5,8-9,16H,6H2,(H,14,17)(H,18,19)(H3,13,15,20). The van der Waals surface area contributed by atoms with Crippen LogP contribution in [-0.4, -0.2) is 40.8 Å². The maximum Gasteiger partial charge on any atom is 0.334 e. The lowest BCUT2D eigenvalue weighted by molar-refractivity contribution is -0.146. The number of amides is 3. The Labute approximate surface area is 114 Å². The number of nitrogens with one attached hydrogen (secondary N) is 2. The fourth-order valence-corrected chi connectivity index (χ4v) is 1.47. The van der Waals surface area contributed by atoms with Crippen LogP contribution >= 0.6 is 0 Å². The largest absolute Gasteiger partial charge is 0.479 e. The van der Waals surface area contributed by atoms with E-state index in [0.717, 1.165) is 0 Å². The third-order valence-electron chi connectivity index (χ3n) is 2.44. The zero-order valence-electron chi connectivity index (χ0n) is 10.4. The highest BCUT2D eigenvalue weighted by Crippen LogP contribution is 2.12. The Morgan fingerprint density at radius 1 is 1.20 bits per heavy atom. The Bertz CT molecular complexity index is 491. The van der Waals surface area contributed by atoms with Crippen molar-refractivity contribution in [3.05, 3.63) is 35.9 Å². The zero-order chi connectivity index (χ0) is 15.1. The lowest BCUT2D eigenvalue weighted by Crippen LogP contribution is -2.45. The number of carboxylic acid groups (broad SMARTS) is 1. The fourth-order valence-electron chi connectivity index (χ4n) is 1.47. The molecule has 2 atom stereocenters. The Kier molecular flexibility index (Phi) is 5.48. The first-order valence-corrected chi connectivity index (χ1v) is 5.71. The highest BCUT2D eigenvalue weighted by atomic mass is 16.4. The average Bonchev–Trinajstić information content (AvgIpc) is 2.42. The molecule has 0 saturated heterocycles. The van der Waals surface area contributed by atoms with Crippen LogP contribution in [0.25, 0.3) is 0 Å². The van der Waals surface area contributed by atoms with E-state index in [4.69, 9.17) is 15.9 Å². The first-order chi connectivity index (χ1) is 9.41. The number of carboxylic acids is 1. The predicted octanol–water partition coefficient (Wildman–Crippen LogP) is -1.04. The summed E-state index contributed by atoms with van der Waals surface area (Å²) >= 11 is 0. The van der Waals surface area contributed by atoms with Crippen LogP contribution in [0.15, 0.2) is 30.3 Å². The van der Waals surface area contributed by atoms with E-state index < -0.39 is 36.6 Å². The lowest BCUT2D eigenvalue weighted by Gasteiger charge is -2.18. The van der Waals surface area contributed by atoms with Crippen molar-refractivity contribution in [3.63, 3.8) is 0 Å². The van der Waals surface area contributed by atoms with Crippen LogP contribution in [-0.2, 0) is 9.59 Å². The van der Waals surface area contributed by atoms with E-state index in [1.165, 1.54) is 0 Å². The smallest absolute Gasteiger partial charge is 0.334 e. The number of urea groups is 1. The highest BCUT2D eigenvalue weighted by molar-refractivity contribution is 5.88. The summed E-state index contributed by atoms with van der Waals surface area (Å²) in [6.07, 6.45) is -1.72. The van der Waals surface area contributed by atoms with Crippen molar-refractivity contribution in [2.75, 3.05) is 6.54 Å². The van der Waals surface area contributed by atoms with E-state index in [2.05, 4.69) is 10.6 Å². The Balaban J connectivity index is 2.76. The van der Waals surface area contributed by atoms with Gasteiger partial charge in [0.15, 0.2) is 6.10 Å². The number of nitrogens with two attached hydrogens (primary N) is 1. The minimum absolute atomic E-state index is 0.474. The maximum absolute atomic E-state index is 11.9. The Hall–Kier alpha value is -2.61. The predicted molar refractivity (Wildman–Crippen MR) is 68.6 cm³/mol. The van der Waals surface area contributed by atoms with Gasteiger partial charge in [-0.2, -0.15) is 0 Å². The summed E-state index contributed by atoms with van der Waals surface area (Å²) in [6.45, 7) is -0.474. The van der Waals surface area contributed by atoms with Crippen LogP contribution in [0.5, 0.6) is 0 Å². The molecule has 0 bridgehead atoms. The molecule has 8 nitrogen and oxygen atoms in total. The van der Waals surface area contributed by atoms with Gasteiger partial charge >= 0.3 is 12.0 Å². The maximum atomic E-state index is 11.9. The van der Waals surface area contributed by atoms with Crippen LogP contribution in [0.1, 0.15) is 11.6 Å². The van der Waals surface area contributed by atoms with Gasteiger partial charge < -0.3 is 26.6 Å². The molecule has 2 unspecified atom stereocenters. The van der Waals surface area contributed by atoms with Crippen molar-refractivity contribution in [3.8, 4) is 0 Å². The van der Waals surface area contributed by atoms with Gasteiger partial charge in [0, 0.05) is 0 Å². The van der Waals surface area contributed by atoms with Crippen molar-refractivity contribution in [1.82, 2.24) is 10.6 Å². The molecule has 0 saturated carbocycles. The number of primary amides is 1. The molecule has 0 aliphatic carbocycles. The zero-order valence-corrected chi connectivity index (χ0v) is 10.4. The van der Waals surface area contributed by atoms with Crippen molar-refractivity contribution in [1.29, 1.82) is 0 Å². The van der Waals surface area contributed by atoms with Crippen LogP contribution in [0, 0.1) is 0 Å². The minimum Gasteiger partial charge on any atom is -0.479 e. The Morgan fingerprint density at radius 2 is 1.80 bits per heavy atom. The monoisotopic (exact) mass is 281 g/mol. The second-order valence-electron chi connectivity index (χ2n) is 3.95. The fraction of sp³-hybridized carbons (Fsp3) is 0.250. The summed E-state index contributed by atoms with van der Waals surface area (Å²) in [5.74, 6) is -2.13. The molecule has 3 amide bonds. The van der Waals surface area contributed by atoms with E-state index >= 15 is 0 Å². The normalized spacial score (nSPS) is 13.1. The van der Waals surface area contributed by atoms with Gasteiger partial charge in [0.1, 0.15) is 6.04 Å². The van der Waals surface area contributed by atoms with Gasteiger partial charge in [-0.3, -0.25) is 4.79 Å². The molecule has 1 rings (SSSR count). The second kappa shape index (κ2) is 7.10. The van der Waals surface area contributed by atoms with Gasteiger partial charge in [0.25, 0.3) is 0 Å². The molecular formula is C12H15N3O5. The number of aliphatic carboxylic acids is 1. The van der Waals surface area contributed by atoms with Gasteiger partial charge in [0.05, 0.1) is 6.54 Å². The second-order valence-corrected chi connectivity index (χ2v) is 3.95. The number of carbonyl (C=O) groups is 3. The number of carbonyl (C=O) groups excluding carboxylic acids is 2. The first kappa shape index (κ1) is 15.4. The molecule has 0 aliphatic rings. The number of aliphatic hydroxyl groups is 1. The van der Waals surface area contributed by atoms with E-state index in [0.29, 0.717) is 5.56 Å². The molecule has 20 heavy (non-hydrogen) atoms. The molecule has 0 fully saturated rings. The highest BCUT2D eigenvalue weighted by Gasteiger charge is 2.23. The summed E-state index contributed by atoms with van der Waals surface area (Å²) in [5.41, 5.74) is 5.48. The lowest BCUT2D eigenvalue weighted by atomic mass is 10.1.